The lowest BCUT2D eigenvalue weighted by molar-refractivity contribution is -0.132. The van der Waals surface area contributed by atoms with Crippen LogP contribution in [0.5, 0.6) is 17.2 Å². The highest BCUT2D eigenvalue weighted by Gasteiger charge is 2.48. The number of carbonyl (C=O) groups excluding carboxylic acids is 3. The number of aliphatic hydroxyl groups is 1. The van der Waals surface area contributed by atoms with Crippen LogP contribution in [0.15, 0.2) is 78.4 Å². The van der Waals surface area contributed by atoms with E-state index in [9.17, 15) is 19.5 Å². The number of Topliss-reactive ketones (excluding diaryl/α,β-unsaturated/α-hetero) is 1. The lowest BCUT2D eigenvalue weighted by atomic mass is 9.95. The van der Waals surface area contributed by atoms with Gasteiger partial charge in [0, 0.05) is 5.56 Å². The van der Waals surface area contributed by atoms with E-state index in [1.54, 1.807) is 49.4 Å². The van der Waals surface area contributed by atoms with Gasteiger partial charge in [-0.1, -0.05) is 59.9 Å². The van der Waals surface area contributed by atoms with E-state index in [4.69, 9.17) is 18.9 Å². The van der Waals surface area contributed by atoms with Gasteiger partial charge < -0.3 is 24.1 Å². The molecule has 1 saturated heterocycles. The number of rotatable bonds is 9. The summed E-state index contributed by atoms with van der Waals surface area (Å²) in [5, 5.41) is 11.6. The van der Waals surface area contributed by atoms with Gasteiger partial charge in [0.25, 0.3) is 5.78 Å². The van der Waals surface area contributed by atoms with Gasteiger partial charge in [0.2, 0.25) is 0 Å². The molecule has 3 aromatic carbocycles. The molecule has 4 aromatic rings. The average Bonchev–Trinajstić information content (AvgIpc) is 3.55. The summed E-state index contributed by atoms with van der Waals surface area (Å²) in [6.45, 7) is 1.90. The van der Waals surface area contributed by atoms with Crippen molar-refractivity contribution in [1.82, 2.24) is 4.98 Å². The minimum Gasteiger partial charge on any atom is -0.507 e. The third-order valence-electron chi connectivity index (χ3n) is 6.89. The number of ketones is 1. The molecule has 0 aliphatic carbocycles. The minimum atomic E-state index is -1.11. The molecule has 0 spiro atoms. The van der Waals surface area contributed by atoms with Gasteiger partial charge in [-0.15, -0.1) is 0 Å². The topological polar surface area (TPSA) is 124 Å². The number of aliphatic hydroxyl groups excluding tert-OH is 1. The number of hydrogen-bond donors (Lipinski definition) is 1. The standard InChI is InChI=1S/C32H28N2O8S/c1-18-29(31(38)41-4)43-32(33-18)34-26(25(28(36)30(34)37)27(35)21-11-8-12-22(15-21)39-2)20-13-14-23(24(16-20)40-3)42-17-19-9-6-5-7-10-19/h5-16,26,35H,17H2,1-4H3/b27-25+. The maximum Gasteiger partial charge on any atom is 0.350 e. The van der Waals surface area contributed by atoms with Crippen LogP contribution in [0, 0.1) is 6.92 Å². The third kappa shape index (κ3) is 5.67. The van der Waals surface area contributed by atoms with E-state index in [-0.39, 0.29) is 21.1 Å². The van der Waals surface area contributed by atoms with Crippen molar-refractivity contribution in [3.05, 3.63) is 106 Å². The molecule has 1 aromatic heterocycles. The number of hydrogen-bond acceptors (Lipinski definition) is 10. The summed E-state index contributed by atoms with van der Waals surface area (Å²) >= 11 is 0.915. The van der Waals surface area contributed by atoms with Crippen molar-refractivity contribution in [3.8, 4) is 17.2 Å². The Morgan fingerprint density at radius 1 is 0.953 bits per heavy atom. The van der Waals surface area contributed by atoms with Gasteiger partial charge in [-0.05, 0) is 42.3 Å². The molecule has 2 heterocycles. The van der Waals surface area contributed by atoms with Crippen LogP contribution in [0.25, 0.3) is 5.76 Å². The van der Waals surface area contributed by atoms with E-state index in [2.05, 4.69) is 4.98 Å². The number of carbonyl (C=O) groups is 3. The summed E-state index contributed by atoms with van der Waals surface area (Å²) < 4.78 is 21.8. The fraction of sp³-hybridized carbons (Fsp3) is 0.188. The van der Waals surface area contributed by atoms with Crippen LogP contribution in [0.3, 0.4) is 0 Å². The van der Waals surface area contributed by atoms with E-state index in [0.29, 0.717) is 35.1 Å². The van der Waals surface area contributed by atoms with Gasteiger partial charge in [-0.25, -0.2) is 9.78 Å². The molecule has 0 saturated carbocycles. The van der Waals surface area contributed by atoms with Crippen LogP contribution >= 0.6 is 11.3 Å². The third-order valence-corrected chi connectivity index (χ3v) is 8.03. The zero-order valence-electron chi connectivity index (χ0n) is 23.8. The second-order valence-corrected chi connectivity index (χ2v) is 10.5. The minimum absolute atomic E-state index is 0.0954. The Bertz CT molecular complexity index is 1730. The first-order chi connectivity index (χ1) is 20.8. The summed E-state index contributed by atoms with van der Waals surface area (Å²) in [5.41, 5.74) is 1.86. The molecule has 1 unspecified atom stereocenters. The van der Waals surface area contributed by atoms with Crippen molar-refractivity contribution < 1.29 is 38.4 Å². The van der Waals surface area contributed by atoms with E-state index in [1.165, 1.54) is 26.2 Å². The molecule has 0 radical (unpaired) electrons. The van der Waals surface area contributed by atoms with E-state index in [0.717, 1.165) is 16.9 Å². The zero-order valence-corrected chi connectivity index (χ0v) is 24.6. The molecule has 0 bridgehead atoms. The molecule has 1 fully saturated rings. The highest BCUT2D eigenvalue weighted by Crippen LogP contribution is 2.45. The van der Waals surface area contributed by atoms with Gasteiger partial charge in [-0.2, -0.15) is 0 Å². The molecule has 11 heteroatoms. The van der Waals surface area contributed by atoms with Crippen molar-refractivity contribution in [2.45, 2.75) is 19.6 Å². The quantitative estimate of drug-likeness (QED) is 0.115. The number of aromatic nitrogens is 1. The first-order valence-electron chi connectivity index (χ1n) is 13.1. The highest BCUT2D eigenvalue weighted by molar-refractivity contribution is 7.17. The number of thiazole rings is 1. The molecule has 1 amide bonds. The Labute approximate surface area is 251 Å². The largest absolute Gasteiger partial charge is 0.507 e. The Kier molecular flexibility index (Phi) is 8.44. The van der Waals surface area contributed by atoms with Gasteiger partial charge in [0.05, 0.1) is 38.6 Å². The molecular weight excluding hydrogens is 572 g/mol. The number of benzene rings is 3. The average molecular weight is 601 g/mol. The Morgan fingerprint density at radius 3 is 2.42 bits per heavy atom. The van der Waals surface area contributed by atoms with E-state index in [1.807, 2.05) is 30.3 Å². The van der Waals surface area contributed by atoms with Crippen LogP contribution in [0.2, 0.25) is 0 Å². The number of anilines is 1. The molecule has 5 rings (SSSR count). The fourth-order valence-corrected chi connectivity index (χ4v) is 5.76. The second kappa shape index (κ2) is 12.4. The summed E-state index contributed by atoms with van der Waals surface area (Å²) in [6.07, 6.45) is 0. The number of amides is 1. The molecule has 1 N–H and O–H groups in total. The normalized spacial score (nSPS) is 15.8. The first kappa shape index (κ1) is 29.3. The lowest BCUT2D eigenvalue weighted by Gasteiger charge is -2.24. The van der Waals surface area contributed by atoms with Crippen LogP contribution in [0.4, 0.5) is 5.13 Å². The van der Waals surface area contributed by atoms with Gasteiger partial charge in [0.1, 0.15) is 23.0 Å². The van der Waals surface area contributed by atoms with Crippen molar-refractivity contribution in [3.63, 3.8) is 0 Å². The molecule has 220 valence electrons. The van der Waals surface area contributed by atoms with Crippen molar-refractivity contribution >= 4 is 39.9 Å². The number of ether oxygens (including phenoxy) is 4. The van der Waals surface area contributed by atoms with Gasteiger partial charge >= 0.3 is 11.9 Å². The summed E-state index contributed by atoms with van der Waals surface area (Å²) in [4.78, 5) is 45.3. The van der Waals surface area contributed by atoms with Crippen LogP contribution < -0.4 is 19.1 Å². The molecule has 43 heavy (non-hydrogen) atoms. The number of methoxy groups -OCH3 is 3. The van der Waals surface area contributed by atoms with Gasteiger partial charge in [0.15, 0.2) is 16.6 Å². The monoisotopic (exact) mass is 600 g/mol. The molecular formula is C32H28N2O8S. The second-order valence-electron chi connectivity index (χ2n) is 9.49. The number of aryl methyl sites for hydroxylation is 1. The molecule has 1 atom stereocenters. The maximum atomic E-state index is 13.6. The van der Waals surface area contributed by atoms with Crippen LogP contribution in [-0.4, -0.2) is 49.1 Å². The van der Waals surface area contributed by atoms with Crippen molar-refractivity contribution in [2.75, 3.05) is 26.2 Å². The summed E-state index contributed by atoms with van der Waals surface area (Å²) in [6, 6.07) is 20.0. The molecule has 1 aliphatic rings. The SMILES string of the molecule is COC(=O)c1sc(N2C(=O)C(=O)/C(=C(/O)c3cccc(OC)c3)C2c2ccc(OCc3ccccc3)c(OC)c2)nc1C. The predicted molar refractivity (Wildman–Crippen MR) is 160 cm³/mol. The maximum absolute atomic E-state index is 13.6. The van der Waals surface area contributed by atoms with E-state index < -0.39 is 29.5 Å². The number of esters is 1. The van der Waals surface area contributed by atoms with Gasteiger partial charge in [-0.3, -0.25) is 14.5 Å². The van der Waals surface area contributed by atoms with E-state index >= 15 is 0 Å². The Morgan fingerprint density at radius 2 is 1.72 bits per heavy atom. The number of nitrogens with zero attached hydrogens (tertiary/aromatic N) is 2. The lowest BCUT2D eigenvalue weighted by Crippen LogP contribution is -2.29. The van der Waals surface area contributed by atoms with Crippen LogP contribution in [0.1, 0.15) is 38.1 Å². The van der Waals surface area contributed by atoms with Crippen molar-refractivity contribution in [1.29, 1.82) is 0 Å². The molecule has 10 nitrogen and oxygen atoms in total. The molecule has 1 aliphatic heterocycles. The Hall–Kier alpha value is -5.16. The van der Waals surface area contributed by atoms with Crippen LogP contribution in [-0.2, 0) is 20.9 Å². The highest BCUT2D eigenvalue weighted by atomic mass is 32.1. The first-order valence-corrected chi connectivity index (χ1v) is 13.9. The smallest absolute Gasteiger partial charge is 0.350 e. The summed E-state index contributed by atoms with van der Waals surface area (Å²) in [7, 11) is 4.21. The van der Waals surface area contributed by atoms with Crippen molar-refractivity contribution in [2.24, 2.45) is 0 Å². The predicted octanol–water partition coefficient (Wildman–Crippen LogP) is 5.46. The zero-order chi connectivity index (χ0) is 30.7. The Balaban J connectivity index is 1.64. The fourth-order valence-electron chi connectivity index (χ4n) is 4.75. The summed E-state index contributed by atoms with van der Waals surface area (Å²) in [5.74, 6) is -1.59.